The van der Waals surface area contributed by atoms with Crippen LogP contribution in [0.1, 0.15) is 16.8 Å². The summed E-state index contributed by atoms with van der Waals surface area (Å²) in [6.07, 6.45) is 0. The lowest BCUT2D eigenvalue weighted by Crippen LogP contribution is -1.96. The zero-order valence-corrected chi connectivity index (χ0v) is 17.7. The summed E-state index contributed by atoms with van der Waals surface area (Å²) < 4.78 is 2.40. The van der Waals surface area contributed by atoms with E-state index in [-0.39, 0.29) is 0 Å². The Bertz CT molecular complexity index is 1320. The van der Waals surface area contributed by atoms with Crippen LogP contribution in [0.25, 0.3) is 39.0 Å². The fourth-order valence-corrected chi connectivity index (χ4v) is 4.25. The Morgan fingerprint density at radius 3 is 1.73 bits per heavy atom. The summed E-state index contributed by atoms with van der Waals surface area (Å²) >= 11 is 0. The molecule has 0 atom stereocenters. The van der Waals surface area contributed by atoms with E-state index in [2.05, 4.69) is 122 Å². The molecule has 1 heteroatoms. The lowest BCUT2D eigenvalue weighted by atomic mass is 10.00. The molecule has 0 fully saturated rings. The average molecular weight is 388 g/mol. The van der Waals surface area contributed by atoms with E-state index in [4.69, 9.17) is 0 Å². The summed E-state index contributed by atoms with van der Waals surface area (Å²) in [5.74, 6) is 0. The van der Waals surface area contributed by atoms with E-state index in [1.54, 1.807) is 0 Å². The van der Waals surface area contributed by atoms with Gasteiger partial charge in [-0.15, -0.1) is 0 Å². The van der Waals surface area contributed by atoms with Crippen molar-refractivity contribution < 1.29 is 0 Å². The van der Waals surface area contributed by atoms with Crippen LogP contribution in [0.3, 0.4) is 0 Å². The van der Waals surface area contributed by atoms with Crippen LogP contribution < -0.4 is 0 Å². The van der Waals surface area contributed by atoms with Crippen LogP contribution in [0.4, 0.5) is 0 Å². The lowest BCUT2D eigenvalue weighted by molar-refractivity contribution is 1.11. The predicted molar refractivity (Wildman–Crippen MR) is 128 cm³/mol. The summed E-state index contributed by atoms with van der Waals surface area (Å²) in [6, 6.07) is 35.3. The molecule has 2 heterocycles. The summed E-state index contributed by atoms with van der Waals surface area (Å²) in [4.78, 5) is 0. The maximum atomic E-state index is 2.40. The van der Waals surface area contributed by atoms with Crippen molar-refractivity contribution in [2.45, 2.75) is 20.8 Å². The highest BCUT2D eigenvalue weighted by Crippen LogP contribution is 2.38. The molecule has 0 aliphatic rings. The number of aromatic nitrogens is 1. The molecule has 1 nitrogen and oxygen atoms in total. The lowest BCUT2D eigenvalue weighted by Gasteiger charge is -2.12. The Kier molecular flexibility index (Phi) is 4.52. The molecule has 0 saturated heterocycles. The standard InChI is InChI=1S/C29H25N/c1-20-9-13-24(14-10-20)28-19-27-18-26(23-7-5-4-6-8-23)17-22(3)30(27)29(28)25-15-11-21(2)12-16-25/h4-19H,1-3H3. The quantitative estimate of drug-likeness (QED) is 0.297. The van der Waals surface area contributed by atoms with E-state index < -0.39 is 0 Å². The second-order valence-corrected chi connectivity index (χ2v) is 8.15. The molecule has 30 heavy (non-hydrogen) atoms. The van der Waals surface area contributed by atoms with E-state index in [0.29, 0.717) is 0 Å². The first-order valence-electron chi connectivity index (χ1n) is 10.5. The predicted octanol–water partition coefficient (Wildman–Crippen LogP) is 7.87. The van der Waals surface area contributed by atoms with Crippen molar-refractivity contribution in [2.75, 3.05) is 0 Å². The summed E-state index contributed by atoms with van der Waals surface area (Å²) in [5.41, 5.74) is 12.5. The van der Waals surface area contributed by atoms with E-state index in [1.165, 1.54) is 55.8 Å². The van der Waals surface area contributed by atoms with Gasteiger partial charge in [0, 0.05) is 16.8 Å². The van der Waals surface area contributed by atoms with Crippen molar-refractivity contribution >= 4 is 5.52 Å². The van der Waals surface area contributed by atoms with E-state index in [9.17, 15) is 0 Å². The van der Waals surface area contributed by atoms with Gasteiger partial charge in [-0.2, -0.15) is 0 Å². The number of fused-ring (bicyclic) bond motifs is 1. The summed E-state index contributed by atoms with van der Waals surface area (Å²) in [6.45, 7) is 6.48. The zero-order chi connectivity index (χ0) is 20.7. The third kappa shape index (κ3) is 3.23. The highest BCUT2D eigenvalue weighted by atomic mass is 14.9. The number of nitrogens with zero attached hydrogens (tertiary/aromatic N) is 1. The molecule has 0 aliphatic heterocycles. The molecule has 0 saturated carbocycles. The number of aryl methyl sites for hydroxylation is 3. The van der Waals surface area contributed by atoms with Crippen molar-refractivity contribution in [3.63, 3.8) is 0 Å². The fourth-order valence-electron chi connectivity index (χ4n) is 4.25. The number of hydrogen-bond donors (Lipinski definition) is 0. The maximum absolute atomic E-state index is 2.40. The normalized spacial score (nSPS) is 11.2. The van der Waals surface area contributed by atoms with Gasteiger partial charge >= 0.3 is 0 Å². The van der Waals surface area contributed by atoms with Crippen molar-refractivity contribution in [1.29, 1.82) is 0 Å². The van der Waals surface area contributed by atoms with E-state index >= 15 is 0 Å². The number of hydrogen-bond acceptors (Lipinski definition) is 0. The summed E-state index contributed by atoms with van der Waals surface area (Å²) in [7, 11) is 0. The van der Waals surface area contributed by atoms with E-state index in [0.717, 1.165) is 0 Å². The zero-order valence-electron chi connectivity index (χ0n) is 17.7. The first-order chi connectivity index (χ1) is 14.6. The Balaban J connectivity index is 1.81. The molecule has 0 amide bonds. The van der Waals surface area contributed by atoms with Crippen LogP contribution in [-0.4, -0.2) is 4.40 Å². The largest absolute Gasteiger partial charge is 0.313 e. The van der Waals surface area contributed by atoms with Gasteiger partial charge < -0.3 is 4.40 Å². The van der Waals surface area contributed by atoms with Gasteiger partial charge in [0.25, 0.3) is 0 Å². The molecule has 2 aromatic heterocycles. The molecule has 0 N–H and O–H groups in total. The molecular weight excluding hydrogens is 362 g/mol. The van der Waals surface area contributed by atoms with Gasteiger partial charge in [-0.3, -0.25) is 0 Å². The van der Waals surface area contributed by atoms with Crippen LogP contribution in [0.2, 0.25) is 0 Å². The minimum absolute atomic E-state index is 1.22. The van der Waals surface area contributed by atoms with Crippen LogP contribution in [0.5, 0.6) is 0 Å². The molecule has 0 bridgehead atoms. The van der Waals surface area contributed by atoms with Crippen molar-refractivity contribution in [1.82, 2.24) is 4.40 Å². The SMILES string of the molecule is Cc1ccc(-c2cc3cc(-c4ccccc4)cc(C)n3c2-c2ccc(C)cc2)cc1. The molecule has 0 aliphatic carbocycles. The third-order valence-corrected chi connectivity index (χ3v) is 5.84. The van der Waals surface area contributed by atoms with Crippen molar-refractivity contribution in [3.05, 3.63) is 114 Å². The maximum Gasteiger partial charge on any atom is 0.0609 e. The van der Waals surface area contributed by atoms with Gasteiger partial charge in [0.2, 0.25) is 0 Å². The van der Waals surface area contributed by atoms with Gasteiger partial charge in [0.05, 0.1) is 5.69 Å². The molecule has 146 valence electrons. The van der Waals surface area contributed by atoms with Crippen molar-refractivity contribution in [2.24, 2.45) is 0 Å². The third-order valence-electron chi connectivity index (χ3n) is 5.84. The van der Waals surface area contributed by atoms with Crippen LogP contribution in [0.15, 0.2) is 97.1 Å². The van der Waals surface area contributed by atoms with Crippen LogP contribution >= 0.6 is 0 Å². The average Bonchev–Trinajstić information content (AvgIpc) is 3.15. The van der Waals surface area contributed by atoms with Gasteiger partial charge in [-0.1, -0.05) is 90.0 Å². The van der Waals surface area contributed by atoms with Crippen LogP contribution in [0, 0.1) is 20.8 Å². The highest BCUT2D eigenvalue weighted by Gasteiger charge is 2.16. The van der Waals surface area contributed by atoms with Gasteiger partial charge in [0.15, 0.2) is 0 Å². The minimum atomic E-state index is 1.22. The Morgan fingerprint density at radius 1 is 0.500 bits per heavy atom. The van der Waals surface area contributed by atoms with Gasteiger partial charge in [0.1, 0.15) is 0 Å². The van der Waals surface area contributed by atoms with Crippen LogP contribution in [-0.2, 0) is 0 Å². The number of rotatable bonds is 3. The molecule has 0 spiro atoms. The van der Waals surface area contributed by atoms with E-state index in [1.807, 2.05) is 0 Å². The first kappa shape index (κ1) is 18.4. The summed E-state index contributed by atoms with van der Waals surface area (Å²) in [5, 5.41) is 0. The first-order valence-corrected chi connectivity index (χ1v) is 10.5. The van der Waals surface area contributed by atoms with Crippen molar-refractivity contribution in [3.8, 4) is 33.5 Å². The number of pyridine rings is 1. The Labute approximate surface area is 178 Å². The highest BCUT2D eigenvalue weighted by molar-refractivity contribution is 5.88. The topological polar surface area (TPSA) is 4.41 Å². The second kappa shape index (κ2) is 7.35. The van der Waals surface area contributed by atoms with Gasteiger partial charge in [-0.05, 0) is 61.2 Å². The second-order valence-electron chi connectivity index (χ2n) is 8.15. The molecule has 5 aromatic rings. The number of benzene rings is 3. The molecule has 0 unspecified atom stereocenters. The fraction of sp³-hybridized carbons (Fsp3) is 0.103. The molecule has 3 aromatic carbocycles. The molecule has 5 rings (SSSR count). The minimum Gasteiger partial charge on any atom is -0.313 e. The molecule has 0 radical (unpaired) electrons. The Hall–Kier alpha value is -3.58. The smallest absolute Gasteiger partial charge is 0.0609 e. The van der Waals surface area contributed by atoms with Gasteiger partial charge in [-0.25, -0.2) is 0 Å². The monoisotopic (exact) mass is 387 g/mol. The molecular formula is C29H25N. The Morgan fingerprint density at radius 2 is 1.10 bits per heavy atom.